The molecule has 1 fully saturated rings. The SMILES string of the molecule is O=C(CSc1nccc(C(F)(F)F)n1)Nc1cc(C2CC2)nn1-c1ccccc1. The van der Waals surface area contributed by atoms with Crippen LogP contribution < -0.4 is 5.32 Å². The zero-order valence-electron chi connectivity index (χ0n) is 15.1. The lowest BCUT2D eigenvalue weighted by atomic mass is 10.3. The molecule has 0 spiro atoms. The van der Waals surface area contributed by atoms with Crippen molar-refractivity contribution in [3.8, 4) is 5.69 Å². The Morgan fingerprint density at radius 1 is 1.21 bits per heavy atom. The summed E-state index contributed by atoms with van der Waals surface area (Å²) in [6.45, 7) is 0. The van der Waals surface area contributed by atoms with Crippen LogP contribution in [0.3, 0.4) is 0 Å². The number of carbonyl (C=O) groups excluding carboxylic acids is 1. The molecule has 0 radical (unpaired) electrons. The van der Waals surface area contributed by atoms with Crippen molar-refractivity contribution in [1.29, 1.82) is 0 Å². The number of alkyl halides is 3. The lowest BCUT2D eigenvalue weighted by Crippen LogP contribution is -2.17. The first-order valence-corrected chi connectivity index (χ1v) is 9.87. The molecule has 0 saturated heterocycles. The van der Waals surface area contributed by atoms with Crippen molar-refractivity contribution in [2.75, 3.05) is 11.1 Å². The number of thioether (sulfide) groups is 1. The number of halogens is 3. The second kappa shape index (κ2) is 7.86. The van der Waals surface area contributed by atoms with Crippen molar-refractivity contribution >= 4 is 23.5 Å². The molecule has 1 N–H and O–H groups in total. The molecule has 0 bridgehead atoms. The molecule has 0 aliphatic heterocycles. The maximum absolute atomic E-state index is 12.7. The summed E-state index contributed by atoms with van der Waals surface area (Å²) in [6.07, 6.45) is -1.38. The molecule has 1 aliphatic carbocycles. The van der Waals surface area contributed by atoms with Gasteiger partial charge in [-0.25, -0.2) is 14.6 Å². The van der Waals surface area contributed by atoms with Gasteiger partial charge in [0.25, 0.3) is 0 Å². The predicted molar refractivity (Wildman–Crippen MR) is 102 cm³/mol. The Morgan fingerprint density at radius 2 is 1.97 bits per heavy atom. The van der Waals surface area contributed by atoms with E-state index in [0.717, 1.165) is 48.2 Å². The molecule has 1 amide bonds. The van der Waals surface area contributed by atoms with E-state index in [1.54, 1.807) is 4.68 Å². The Bertz CT molecular complexity index is 1020. The van der Waals surface area contributed by atoms with Gasteiger partial charge in [0.2, 0.25) is 5.91 Å². The summed E-state index contributed by atoms with van der Waals surface area (Å²) in [7, 11) is 0. The summed E-state index contributed by atoms with van der Waals surface area (Å²) in [6, 6.07) is 12.0. The van der Waals surface area contributed by atoms with Crippen LogP contribution in [0, 0.1) is 0 Å². The number of carbonyl (C=O) groups is 1. The Kier molecular flexibility index (Phi) is 5.27. The summed E-state index contributed by atoms with van der Waals surface area (Å²) in [5, 5.41) is 7.28. The third-order valence-corrected chi connectivity index (χ3v) is 5.11. The smallest absolute Gasteiger partial charge is 0.310 e. The molecule has 2 aromatic heterocycles. The van der Waals surface area contributed by atoms with Crippen molar-refractivity contribution in [3.05, 3.63) is 60.0 Å². The summed E-state index contributed by atoms with van der Waals surface area (Å²) < 4.78 is 39.9. The van der Waals surface area contributed by atoms with Gasteiger partial charge in [0.1, 0.15) is 11.5 Å². The van der Waals surface area contributed by atoms with E-state index < -0.39 is 11.9 Å². The van der Waals surface area contributed by atoms with Crippen LogP contribution in [0.1, 0.15) is 30.1 Å². The number of para-hydroxylation sites is 1. The Labute approximate surface area is 168 Å². The highest BCUT2D eigenvalue weighted by Crippen LogP contribution is 2.40. The summed E-state index contributed by atoms with van der Waals surface area (Å²) in [5.41, 5.74) is 0.688. The van der Waals surface area contributed by atoms with Crippen LogP contribution in [-0.2, 0) is 11.0 Å². The van der Waals surface area contributed by atoms with Gasteiger partial charge >= 0.3 is 6.18 Å². The summed E-state index contributed by atoms with van der Waals surface area (Å²) in [5.74, 6) is 0.424. The fourth-order valence-electron chi connectivity index (χ4n) is 2.71. The van der Waals surface area contributed by atoms with Crippen molar-refractivity contribution in [3.63, 3.8) is 0 Å². The second-order valence-electron chi connectivity index (χ2n) is 6.54. The van der Waals surface area contributed by atoms with Gasteiger partial charge in [-0.1, -0.05) is 30.0 Å². The number of amides is 1. The largest absolute Gasteiger partial charge is 0.433 e. The number of hydrogen-bond acceptors (Lipinski definition) is 5. The van der Waals surface area contributed by atoms with Crippen molar-refractivity contribution in [1.82, 2.24) is 19.7 Å². The minimum absolute atomic E-state index is 0.106. The van der Waals surface area contributed by atoms with Gasteiger partial charge in [0, 0.05) is 18.2 Å². The molecular formula is C19H16F3N5OS. The Hall–Kier alpha value is -2.88. The topological polar surface area (TPSA) is 72.7 Å². The zero-order valence-corrected chi connectivity index (χ0v) is 15.9. The Balaban J connectivity index is 1.46. The molecule has 29 heavy (non-hydrogen) atoms. The van der Waals surface area contributed by atoms with E-state index in [4.69, 9.17) is 0 Å². The van der Waals surface area contributed by atoms with E-state index in [9.17, 15) is 18.0 Å². The van der Waals surface area contributed by atoms with Crippen molar-refractivity contribution < 1.29 is 18.0 Å². The molecule has 0 atom stereocenters. The van der Waals surface area contributed by atoms with E-state index >= 15 is 0 Å². The lowest BCUT2D eigenvalue weighted by molar-refractivity contribution is -0.141. The molecule has 1 aliphatic rings. The van der Waals surface area contributed by atoms with Gasteiger partial charge < -0.3 is 5.32 Å². The molecule has 1 saturated carbocycles. The second-order valence-corrected chi connectivity index (χ2v) is 7.48. The first kappa shape index (κ1) is 19.4. The van der Waals surface area contributed by atoms with Gasteiger partial charge in [0.05, 0.1) is 17.1 Å². The highest BCUT2D eigenvalue weighted by molar-refractivity contribution is 7.99. The van der Waals surface area contributed by atoms with Crippen LogP contribution in [-0.4, -0.2) is 31.4 Å². The molecule has 0 unspecified atom stereocenters. The van der Waals surface area contributed by atoms with Crippen LogP contribution in [0.4, 0.5) is 19.0 Å². The maximum Gasteiger partial charge on any atom is 0.433 e. The van der Waals surface area contributed by atoms with Gasteiger partial charge in [-0.15, -0.1) is 0 Å². The van der Waals surface area contributed by atoms with Crippen molar-refractivity contribution in [2.24, 2.45) is 0 Å². The third-order valence-electron chi connectivity index (χ3n) is 4.25. The average Bonchev–Trinajstić information content (AvgIpc) is 3.47. The fraction of sp³-hybridized carbons (Fsp3) is 0.263. The van der Waals surface area contributed by atoms with Crippen LogP contribution >= 0.6 is 11.8 Å². The normalized spacial score (nSPS) is 14.0. The first-order chi connectivity index (χ1) is 13.9. The quantitative estimate of drug-likeness (QED) is 0.477. The highest BCUT2D eigenvalue weighted by Gasteiger charge is 2.33. The number of hydrogen-bond donors (Lipinski definition) is 1. The first-order valence-electron chi connectivity index (χ1n) is 8.88. The zero-order chi connectivity index (χ0) is 20.4. The predicted octanol–water partition coefficient (Wildman–Crippen LogP) is 4.29. The molecule has 10 heteroatoms. The number of nitrogens with zero attached hydrogens (tertiary/aromatic N) is 4. The highest BCUT2D eigenvalue weighted by atomic mass is 32.2. The van der Waals surface area contributed by atoms with Gasteiger partial charge in [-0.2, -0.15) is 18.3 Å². The number of benzene rings is 1. The van der Waals surface area contributed by atoms with E-state index in [-0.39, 0.29) is 16.8 Å². The molecule has 6 nitrogen and oxygen atoms in total. The average molecular weight is 419 g/mol. The van der Waals surface area contributed by atoms with E-state index in [0.29, 0.717) is 11.7 Å². The van der Waals surface area contributed by atoms with Gasteiger partial charge in [0.15, 0.2) is 5.16 Å². The number of rotatable bonds is 6. The van der Waals surface area contributed by atoms with E-state index in [1.165, 1.54) is 0 Å². The molecule has 150 valence electrons. The molecular weight excluding hydrogens is 403 g/mol. The van der Waals surface area contributed by atoms with Crippen LogP contribution in [0.15, 0.2) is 53.8 Å². The molecule has 2 heterocycles. The monoisotopic (exact) mass is 419 g/mol. The molecule has 1 aromatic carbocycles. The van der Waals surface area contributed by atoms with Crippen LogP contribution in [0.5, 0.6) is 0 Å². The van der Waals surface area contributed by atoms with E-state index in [1.807, 2.05) is 36.4 Å². The van der Waals surface area contributed by atoms with Crippen molar-refractivity contribution in [2.45, 2.75) is 30.1 Å². The fourth-order valence-corrected chi connectivity index (χ4v) is 3.34. The number of anilines is 1. The maximum atomic E-state index is 12.7. The van der Waals surface area contributed by atoms with Gasteiger partial charge in [-0.05, 0) is 31.0 Å². The number of nitrogens with one attached hydrogen (secondary N) is 1. The third kappa shape index (κ3) is 4.76. The van der Waals surface area contributed by atoms with E-state index in [2.05, 4.69) is 20.4 Å². The lowest BCUT2D eigenvalue weighted by Gasteiger charge is -2.09. The molecule has 4 rings (SSSR count). The van der Waals surface area contributed by atoms with Crippen LogP contribution in [0.2, 0.25) is 0 Å². The van der Waals surface area contributed by atoms with Crippen LogP contribution in [0.25, 0.3) is 5.69 Å². The minimum atomic E-state index is -4.55. The number of aromatic nitrogens is 4. The molecule has 3 aromatic rings. The summed E-state index contributed by atoms with van der Waals surface area (Å²) in [4.78, 5) is 19.6. The van der Waals surface area contributed by atoms with Gasteiger partial charge in [-0.3, -0.25) is 4.79 Å². The minimum Gasteiger partial charge on any atom is -0.310 e. The summed E-state index contributed by atoms with van der Waals surface area (Å²) >= 11 is 0.841. The standard InChI is InChI=1S/C19H16F3N5OS/c20-19(21,22)15-8-9-23-18(24-15)29-11-17(28)25-16-10-14(12-6-7-12)26-27(16)13-4-2-1-3-5-13/h1-5,8-10,12H,6-7,11H2,(H,25,28). The Morgan fingerprint density at radius 3 is 2.66 bits per heavy atom.